The summed E-state index contributed by atoms with van der Waals surface area (Å²) < 4.78 is 50.0. The molecule has 22 heavy (non-hydrogen) atoms. The molecule has 6 nitrogen and oxygen atoms in total. The van der Waals surface area contributed by atoms with Crippen molar-refractivity contribution in [3.8, 4) is 17.2 Å². The van der Waals surface area contributed by atoms with E-state index in [1.54, 1.807) is 6.07 Å². The molecule has 0 spiro atoms. The topological polar surface area (TPSA) is 84.9 Å². The van der Waals surface area contributed by atoms with Crippen LogP contribution in [0.25, 0.3) is 0 Å². The van der Waals surface area contributed by atoms with E-state index in [0.29, 0.717) is 18.1 Å². The van der Waals surface area contributed by atoms with Gasteiger partial charge < -0.3 is 18.8 Å². The van der Waals surface area contributed by atoms with Gasteiger partial charge in [-0.15, -0.1) is 11.3 Å². The second-order valence-electron chi connectivity index (χ2n) is 4.36. The Morgan fingerprint density at radius 1 is 1.27 bits per heavy atom. The zero-order chi connectivity index (χ0) is 14.9. The minimum Gasteiger partial charge on any atom is -0.744 e. The predicted molar refractivity (Wildman–Crippen MR) is 74.1 cm³/mol. The van der Waals surface area contributed by atoms with Crippen molar-refractivity contribution in [2.45, 2.75) is 11.0 Å². The molecule has 3 rings (SSSR count). The first-order valence-corrected chi connectivity index (χ1v) is 8.42. The molecule has 0 bridgehead atoms. The molecule has 0 aliphatic carbocycles. The monoisotopic (exact) mass is 334 g/mol. The van der Waals surface area contributed by atoms with Crippen LogP contribution in [0.15, 0.2) is 39.9 Å². The van der Waals surface area contributed by atoms with E-state index in [1.807, 2.05) is 10.8 Å². The zero-order valence-corrected chi connectivity index (χ0v) is 13.4. The largest absolute Gasteiger partial charge is 1.00 e. The average molecular weight is 334 g/mol. The molecule has 0 amide bonds. The number of thiophene rings is 1. The number of rotatable bonds is 4. The normalized spacial score (nSPS) is 16.7. The van der Waals surface area contributed by atoms with E-state index in [4.69, 9.17) is 14.2 Å². The van der Waals surface area contributed by atoms with Gasteiger partial charge in [-0.2, -0.15) is 0 Å². The van der Waals surface area contributed by atoms with Gasteiger partial charge in [0.25, 0.3) is 0 Å². The molecular weight excluding hydrogens is 323 g/mol. The van der Waals surface area contributed by atoms with Crippen LogP contribution in [0.5, 0.6) is 17.2 Å². The summed E-state index contributed by atoms with van der Waals surface area (Å²) in [5.74, 6) is 1.36. The van der Waals surface area contributed by atoms with E-state index in [9.17, 15) is 13.0 Å². The predicted octanol–water partition coefficient (Wildman–Crippen LogP) is -1.12. The summed E-state index contributed by atoms with van der Waals surface area (Å²) in [4.78, 5) is -0.377. The van der Waals surface area contributed by atoms with Gasteiger partial charge in [-0.05, 0) is 12.1 Å². The smallest absolute Gasteiger partial charge is 0.744 e. The standard InChI is InChI=1S/C13H12O6S2.Li/c14-21(15,16)13-4-2-1-3-10(13)17-5-9-6-18-11-7-20-8-12(11)19-9;/h1-4,7-9H,5-6H2,(H,14,15,16);/q;+1/p-1. The molecule has 0 saturated carbocycles. The Balaban J connectivity index is 0.00000176. The van der Waals surface area contributed by atoms with Crippen molar-refractivity contribution < 1.29 is 46.0 Å². The summed E-state index contributed by atoms with van der Waals surface area (Å²) in [6, 6.07) is 5.71. The molecule has 0 fully saturated rings. The van der Waals surface area contributed by atoms with Crippen LogP contribution in [0.2, 0.25) is 0 Å². The minimum atomic E-state index is -4.57. The number of para-hydroxylation sites is 1. The van der Waals surface area contributed by atoms with Crippen LogP contribution in [0.4, 0.5) is 0 Å². The van der Waals surface area contributed by atoms with E-state index < -0.39 is 10.1 Å². The number of ether oxygens (including phenoxy) is 3. The van der Waals surface area contributed by atoms with E-state index in [1.165, 1.54) is 29.5 Å². The van der Waals surface area contributed by atoms with E-state index in [-0.39, 0.29) is 42.2 Å². The first kappa shape index (κ1) is 17.2. The van der Waals surface area contributed by atoms with Crippen molar-refractivity contribution >= 4 is 21.5 Å². The van der Waals surface area contributed by atoms with Gasteiger partial charge in [0, 0.05) is 10.8 Å². The summed E-state index contributed by atoms with van der Waals surface area (Å²) in [6.07, 6.45) is -0.366. The van der Waals surface area contributed by atoms with Crippen molar-refractivity contribution in [2.24, 2.45) is 0 Å². The van der Waals surface area contributed by atoms with Crippen molar-refractivity contribution in [2.75, 3.05) is 13.2 Å². The van der Waals surface area contributed by atoms with Crippen LogP contribution in [-0.2, 0) is 10.1 Å². The first-order valence-electron chi connectivity index (χ1n) is 6.07. The number of hydrogen-bond acceptors (Lipinski definition) is 7. The van der Waals surface area contributed by atoms with Gasteiger partial charge in [0.15, 0.2) is 17.6 Å². The van der Waals surface area contributed by atoms with Crippen LogP contribution in [0.3, 0.4) is 0 Å². The third kappa shape index (κ3) is 3.77. The fourth-order valence-corrected chi connectivity index (χ4v) is 3.19. The molecule has 1 unspecified atom stereocenters. The molecule has 0 radical (unpaired) electrons. The van der Waals surface area contributed by atoms with Gasteiger partial charge >= 0.3 is 18.9 Å². The summed E-state index contributed by atoms with van der Waals surface area (Å²) in [7, 11) is -4.57. The van der Waals surface area contributed by atoms with Crippen molar-refractivity contribution in [1.29, 1.82) is 0 Å². The molecule has 0 N–H and O–H groups in total. The van der Waals surface area contributed by atoms with Crippen LogP contribution >= 0.6 is 11.3 Å². The van der Waals surface area contributed by atoms with Gasteiger partial charge in [0.2, 0.25) is 0 Å². The zero-order valence-electron chi connectivity index (χ0n) is 11.7. The van der Waals surface area contributed by atoms with E-state index in [0.717, 1.165) is 0 Å². The third-order valence-electron chi connectivity index (χ3n) is 2.85. The Kier molecular flexibility index (Phi) is 5.42. The molecule has 1 aliphatic rings. The number of fused-ring (bicyclic) bond motifs is 1. The SMILES string of the molecule is O=S(=O)([O-])c1ccccc1OCC1COc2cscc2O1.[Li+]. The van der Waals surface area contributed by atoms with E-state index in [2.05, 4.69) is 0 Å². The second kappa shape index (κ2) is 6.94. The summed E-state index contributed by atoms with van der Waals surface area (Å²) >= 11 is 1.47. The summed E-state index contributed by atoms with van der Waals surface area (Å²) in [6.45, 7) is 0.387. The number of benzene rings is 1. The molecule has 1 atom stereocenters. The molecule has 2 aromatic rings. The Morgan fingerprint density at radius 3 is 2.77 bits per heavy atom. The maximum atomic E-state index is 11.1. The molecule has 0 saturated heterocycles. The molecule has 1 aromatic heterocycles. The molecule has 112 valence electrons. The van der Waals surface area contributed by atoms with Gasteiger partial charge in [0.05, 0.1) is 4.90 Å². The summed E-state index contributed by atoms with van der Waals surface area (Å²) in [5, 5.41) is 3.66. The molecular formula is C13H11LiO6S2. The van der Waals surface area contributed by atoms with Crippen molar-refractivity contribution in [3.05, 3.63) is 35.0 Å². The first-order chi connectivity index (χ1) is 10.0. The Hall–Kier alpha value is -1.17. The quantitative estimate of drug-likeness (QED) is 0.520. The number of hydrogen-bond donors (Lipinski definition) is 0. The third-order valence-corrected chi connectivity index (χ3v) is 4.43. The summed E-state index contributed by atoms with van der Waals surface area (Å²) in [5.41, 5.74) is 0. The van der Waals surface area contributed by atoms with Crippen molar-refractivity contribution in [3.63, 3.8) is 0 Å². The maximum absolute atomic E-state index is 11.1. The maximum Gasteiger partial charge on any atom is 1.00 e. The Morgan fingerprint density at radius 2 is 2.00 bits per heavy atom. The fraction of sp³-hybridized carbons (Fsp3) is 0.231. The van der Waals surface area contributed by atoms with Gasteiger partial charge in [-0.1, -0.05) is 12.1 Å². The van der Waals surface area contributed by atoms with Crippen LogP contribution < -0.4 is 33.1 Å². The molecule has 1 aromatic carbocycles. The molecule has 9 heteroatoms. The fourth-order valence-electron chi connectivity index (χ4n) is 1.90. The van der Waals surface area contributed by atoms with E-state index >= 15 is 0 Å². The Bertz CT molecular complexity index is 742. The van der Waals surface area contributed by atoms with Crippen LogP contribution in [0.1, 0.15) is 0 Å². The van der Waals surface area contributed by atoms with Gasteiger partial charge in [-0.25, -0.2) is 8.42 Å². The minimum absolute atomic E-state index is 0. The molecule has 2 heterocycles. The Labute approximate surface area is 143 Å². The van der Waals surface area contributed by atoms with Crippen LogP contribution in [-0.4, -0.2) is 32.3 Å². The van der Waals surface area contributed by atoms with Gasteiger partial charge in [0.1, 0.15) is 29.1 Å². The second-order valence-corrected chi connectivity index (χ2v) is 6.45. The van der Waals surface area contributed by atoms with Crippen LogP contribution in [0, 0.1) is 0 Å². The van der Waals surface area contributed by atoms with Crippen molar-refractivity contribution in [1.82, 2.24) is 0 Å². The average Bonchev–Trinajstić information content (AvgIpc) is 2.92. The molecule has 1 aliphatic heterocycles. The van der Waals surface area contributed by atoms with Gasteiger partial charge in [-0.3, -0.25) is 0 Å².